The number of hydrogen-bond donors (Lipinski definition) is 2. The van der Waals surface area contributed by atoms with E-state index in [0.29, 0.717) is 24.2 Å². The first-order valence-electron chi connectivity index (χ1n) is 9.54. The predicted octanol–water partition coefficient (Wildman–Crippen LogP) is 2.04. The average molecular weight is 380 g/mol. The summed E-state index contributed by atoms with van der Waals surface area (Å²) in [6, 6.07) is 5.26. The molecule has 2 atom stereocenters. The smallest absolute Gasteiger partial charge is 0.251 e. The summed E-state index contributed by atoms with van der Waals surface area (Å²) in [6.07, 6.45) is 4.82. The van der Waals surface area contributed by atoms with Crippen LogP contribution in [0.3, 0.4) is 0 Å². The molecule has 1 aromatic carbocycles. The molecule has 2 unspecified atom stereocenters. The molecule has 2 heterocycles. The molecule has 0 aromatic heterocycles. The monoisotopic (exact) mass is 379 g/mol. The standard InChI is InChI=1S/C19H29N3O3S/c1-14-8-9-16(19(23)21-17-7-6-10-20-15(17)2)13-18(14)26(24,25)22-11-4-3-5-12-22/h8-9,13,15,17,20H,3-7,10-12H2,1-2H3,(H,21,23). The van der Waals surface area contributed by atoms with Crippen LogP contribution in [0.4, 0.5) is 0 Å². The number of carbonyl (C=O) groups excluding carboxylic acids is 1. The topological polar surface area (TPSA) is 78.5 Å². The molecule has 0 radical (unpaired) electrons. The first-order chi connectivity index (χ1) is 12.4. The van der Waals surface area contributed by atoms with Gasteiger partial charge >= 0.3 is 0 Å². The van der Waals surface area contributed by atoms with Crippen LogP contribution in [0.2, 0.25) is 0 Å². The summed E-state index contributed by atoms with van der Waals surface area (Å²) in [5, 5.41) is 6.41. The van der Waals surface area contributed by atoms with Gasteiger partial charge in [0.2, 0.25) is 10.0 Å². The number of amides is 1. The van der Waals surface area contributed by atoms with Gasteiger partial charge in [-0.15, -0.1) is 0 Å². The number of carbonyl (C=O) groups is 1. The minimum absolute atomic E-state index is 0.0692. The highest BCUT2D eigenvalue weighted by atomic mass is 32.2. The van der Waals surface area contributed by atoms with Gasteiger partial charge in [0.15, 0.2) is 0 Å². The van der Waals surface area contributed by atoms with E-state index in [1.165, 1.54) is 6.07 Å². The Morgan fingerprint density at radius 1 is 1.19 bits per heavy atom. The zero-order valence-corrected chi connectivity index (χ0v) is 16.4. The molecular formula is C19H29N3O3S. The van der Waals surface area contributed by atoms with E-state index >= 15 is 0 Å². The zero-order chi connectivity index (χ0) is 18.7. The van der Waals surface area contributed by atoms with Crippen molar-refractivity contribution in [1.29, 1.82) is 0 Å². The van der Waals surface area contributed by atoms with E-state index in [1.807, 2.05) is 0 Å². The lowest BCUT2D eigenvalue weighted by Gasteiger charge is -2.30. The van der Waals surface area contributed by atoms with Crippen LogP contribution in [0, 0.1) is 6.92 Å². The highest BCUT2D eigenvalue weighted by Gasteiger charge is 2.29. The van der Waals surface area contributed by atoms with Crippen LogP contribution in [-0.4, -0.2) is 50.3 Å². The minimum Gasteiger partial charge on any atom is -0.348 e. The molecule has 2 saturated heterocycles. The lowest BCUT2D eigenvalue weighted by atomic mass is 9.99. The van der Waals surface area contributed by atoms with Crippen LogP contribution >= 0.6 is 0 Å². The second-order valence-corrected chi connectivity index (χ2v) is 9.32. The highest BCUT2D eigenvalue weighted by molar-refractivity contribution is 7.89. The van der Waals surface area contributed by atoms with E-state index in [1.54, 1.807) is 23.4 Å². The summed E-state index contributed by atoms with van der Waals surface area (Å²) >= 11 is 0. The number of rotatable bonds is 4. The van der Waals surface area contributed by atoms with Gasteiger partial charge in [-0.1, -0.05) is 12.5 Å². The first kappa shape index (κ1) is 19.3. The van der Waals surface area contributed by atoms with Crippen molar-refractivity contribution in [3.8, 4) is 0 Å². The third-order valence-corrected chi connectivity index (χ3v) is 7.50. The molecule has 144 valence electrons. The van der Waals surface area contributed by atoms with Gasteiger partial charge in [-0.05, 0) is 63.8 Å². The Hall–Kier alpha value is -1.44. The van der Waals surface area contributed by atoms with Crippen molar-refractivity contribution >= 4 is 15.9 Å². The van der Waals surface area contributed by atoms with Gasteiger partial charge in [-0.2, -0.15) is 4.31 Å². The van der Waals surface area contributed by atoms with Gasteiger partial charge in [0.1, 0.15) is 0 Å². The summed E-state index contributed by atoms with van der Waals surface area (Å²) < 4.78 is 27.6. The molecule has 6 nitrogen and oxygen atoms in total. The van der Waals surface area contributed by atoms with E-state index in [-0.39, 0.29) is 22.9 Å². The fourth-order valence-corrected chi connectivity index (χ4v) is 5.52. The molecule has 7 heteroatoms. The Balaban J connectivity index is 1.81. The maximum Gasteiger partial charge on any atom is 0.251 e. The Kier molecular flexibility index (Phi) is 5.99. The van der Waals surface area contributed by atoms with Gasteiger partial charge in [-0.25, -0.2) is 8.42 Å². The first-order valence-corrected chi connectivity index (χ1v) is 11.0. The van der Waals surface area contributed by atoms with Gasteiger partial charge < -0.3 is 10.6 Å². The molecule has 3 rings (SSSR count). The number of nitrogens with one attached hydrogen (secondary N) is 2. The second-order valence-electron chi connectivity index (χ2n) is 7.41. The van der Waals surface area contributed by atoms with Crippen molar-refractivity contribution < 1.29 is 13.2 Å². The van der Waals surface area contributed by atoms with E-state index < -0.39 is 10.0 Å². The quantitative estimate of drug-likeness (QED) is 0.839. The lowest BCUT2D eigenvalue weighted by molar-refractivity contribution is 0.0919. The van der Waals surface area contributed by atoms with Crippen molar-refractivity contribution in [3.05, 3.63) is 29.3 Å². The van der Waals surface area contributed by atoms with Crippen LogP contribution in [0.1, 0.15) is 54.9 Å². The van der Waals surface area contributed by atoms with Gasteiger partial charge in [0, 0.05) is 30.7 Å². The molecule has 0 bridgehead atoms. The molecule has 1 amide bonds. The van der Waals surface area contributed by atoms with Gasteiger partial charge in [0.25, 0.3) is 5.91 Å². The SMILES string of the molecule is Cc1ccc(C(=O)NC2CCCNC2C)cc1S(=O)(=O)N1CCCCC1. The molecule has 2 aliphatic rings. The van der Waals surface area contributed by atoms with E-state index in [0.717, 1.165) is 38.6 Å². The average Bonchev–Trinajstić information content (AvgIpc) is 2.64. The van der Waals surface area contributed by atoms with Crippen LogP contribution in [0.5, 0.6) is 0 Å². The normalized spacial score (nSPS) is 25.0. The molecule has 26 heavy (non-hydrogen) atoms. The Bertz CT molecular complexity index is 757. The largest absolute Gasteiger partial charge is 0.348 e. The molecule has 0 saturated carbocycles. The maximum absolute atomic E-state index is 13.0. The summed E-state index contributed by atoms with van der Waals surface area (Å²) in [6.45, 7) is 5.93. The highest BCUT2D eigenvalue weighted by Crippen LogP contribution is 2.24. The second kappa shape index (κ2) is 8.06. The molecule has 0 aliphatic carbocycles. The number of piperidine rings is 2. The van der Waals surface area contributed by atoms with E-state index in [4.69, 9.17) is 0 Å². The Morgan fingerprint density at radius 3 is 2.62 bits per heavy atom. The number of sulfonamides is 1. The van der Waals surface area contributed by atoms with Crippen LogP contribution in [-0.2, 0) is 10.0 Å². The van der Waals surface area contributed by atoms with Gasteiger partial charge in [-0.3, -0.25) is 4.79 Å². The third-order valence-electron chi connectivity index (χ3n) is 5.46. The number of nitrogens with zero attached hydrogens (tertiary/aromatic N) is 1. The van der Waals surface area contributed by atoms with Gasteiger partial charge in [0.05, 0.1) is 4.90 Å². The van der Waals surface area contributed by atoms with Crippen molar-refractivity contribution in [3.63, 3.8) is 0 Å². The fourth-order valence-electron chi connectivity index (χ4n) is 3.76. The van der Waals surface area contributed by atoms with Crippen molar-refractivity contribution in [2.75, 3.05) is 19.6 Å². The van der Waals surface area contributed by atoms with Crippen molar-refractivity contribution in [1.82, 2.24) is 14.9 Å². The molecular weight excluding hydrogens is 350 g/mol. The molecule has 2 fully saturated rings. The Labute approximate surface area is 156 Å². The number of hydrogen-bond acceptors (Lipinski definition) is 4. The molecule has 1 aromatic rings. The fraction of sp³-hybridized carbons (Fsp3) is 0.632. The van der Waals surface area contributed by atoms with E-state index in [2.05, 4.69) is 17.6 Å². The molecule has 2 aliphatic heterocycles. The van der Waals surface area contributed by atoms with Crippen LogP contribution < -0.4 is 10.6 Å². The van der Waals surface area contributed by atoms with Crippen LogP contribution in [0.25, 0.3) is 0 Å². The van der Waals surface area contributed by atoms with Crippen molar-refractivity contribution in [2.24, 2.45) is 0 Å². The summed E-state index contributed by atoms with van der Waals surface area (Å²) in [7, 11) is -3.55. The minimum atomic E-state index is -3.55. The molecule has 0 spiro atoms. The van der Waals surface area contributed by atoms with Crippen LogP contribution in [0.15, 0.2) is 23.1 Å². The number of benzene rings is 1. The lowest BCUT2D eigenvalue weighted by Crippen LogP contribution is -2.51. The third kappa shape index (κ3) is 4.10. The predicted molar refractivity (Wildman–Crippen MR) is 102 cm³/mol. The summed E-state index contributed by atoms with van der Waals surface area (Å²) in [5.41, 5.74) is 1.09. The number of aryl methyl sites for hydroxylation is 1. The van der Waals surface area contributed by atoms with E-state index in [9.17, 15) is 13.2 Å². The zero-order valence-electron chi connectivity index (χ0n) is 15.6. The Morgan fingerprint density at radius 2 is 1.92 bits per heavy atom. The summed E-state index contributed by atoms with van der Waals surface area (Å²) in [4.78, 5) is 12.9. The molecule has 2 N–H and O–H groups in total. The maximum atomic E-state index is 13.0. The van der Waals surface area contributed by atoms with Crippen molar-refractivity contribution in [2.45, 2.75) is 62.9 Å². The summed E-state index contributed by atoms with van der Waals surface area (Å²) in [5.74, 6) is -0.208.